The molecule has 0 aromatic carbocycles. The van der Waals surface area contributed by atoms with Gasteiger partial charge in [-0.3, -0.25) is 0 Å². The highest BCUT2D eigenvalue weighted by Gasteiger charge is 2.29. The standard InChI is InChI=1S/C13H19N3OS/c1-7(2)17-12-11(15)10(6-14)18-13(12)16-8(3)9-4-5-9/h7-9,16H,4-5,15H2,1-3H3. The van der Waals surface area contributed by atoms with Crippen LogP contribution < -0.4 is 15.8 Å². The number of nitrogen functional groups attached to an aromatic ring is 1. The molecule has 3 N–H and O–H groups in total. The van der Waals surface area contributed by atoms with E-state index in [0.29, 0.717) is 22.4 Å². The molecular weight excluding hydrogens is 246 g/mol. The summed E-state index contributed by atoms with van der Waals surface area (Å²) in [5, 5.41) is 13.4. The molecule has 18 heavy (non-hydrogen) atoms. The third kappa shape index (κ3) is 2.70. The van der Waals surface area contributed by atoms with Crippen LogP contribution in [0.15, 0.2) is 0 Å². The molecule has 1 aliphatic rings. The molecule has 0 amide bonds. The summed E-state index contributed by atoms with van der Waals surface area (Å²) in [4.78, 5) is 0.524. The van der Waals surface area contributed by atoms with Crippen molar-refractivity contribution in [3.63, 3.8) is 0 Å². The van der Waals surface area contributed by atoms with E-state index in [4.69, 9.17) is 15.7 Å². The van der Waals surface area contributed by atoms with E-state index in [9.17, 15) is 0 Å². The number of hydrogen-bond acceptors (Lipinski definition) is 5. The van der Waals surface area contributed by atoms with Gasteiger partial charge in [0.2, 0.25) is 0 Å². The molecule has 1 aliphatic carbocycles. The highest BCUT2D eigenvalue weighted by molar-refractivity contribution is 7.17. The number of rotatable bonds is 5. The summed E-state index contributed by atoms with van der Waals surface area (Å²) in [5.41, 5.74) is 6.41. The zero-order valence-corrected chi connectivity index (χ0v) is 11.8. The molecular formula is C13H19N3OS. The first-order valence-electron chi connectivity index (χ1n) is 6.28. The molecule has 0 saturated heterocycles. The first kappa shape index (κ1) is 13.0. The van der Waals surface area contributed by atoms with Crippen molar-refractivity contribution in [3.8, 4) is 11.8 Å². The molecule has 98 valence electrons. The first-order chi connectivity index (χ1) is 8.52. The molecule has 4 nitrogen and oxygen atoms in total. The molecule has 0 radical (unpaired) electrons. The Hall–Kier alpha value is -1.41. The highest BCUT2D eigenvalue weighted by Crippen LogP contribution is 2.44. The molecule has 1 saturated carbocycles. The normalized spacial score (nSPS) is 16.4. The average molecular weight is 265 g/mol. The average Bonchev–Trinajstić information content (AvgIpc) is 3.10. The van der Waals surface area contributed by atoms with Crippen LogP contribution in [0.5, 0.6) is 5.75 Å². The van der Waals surface area contributed by atoms with Crippen LogP contribution in [-0.4, -0.2) is 12.1 Å². The molecule has 2 rings (SSSR count). The van der Waals surface area contributed by atoms with Gasteiger partial charge in [-0.05, 0) is 39.5 Å². The van der Waals surface area contributed by atoms with Crippen molar-refractivity contribution in [1.82, 2.24) is 0 Å². The van der Waals surface area contributed by atoms with Gasteiger partial charge in [0.15, 0.2) is 5.75 Å². The number of hydrogen-bond donors (Lipinski definition) is 2. The maximum absolute atomic E-state index is 9.04. The maximum atomic E-state index is 9.04. The maximum Gasteiger partial charge on any atom is 0.178 e. The number of anilines is 2. The summed E-state index contributed by atoms with van der Waals surface area (Å²) >= 11 is 1.38. The topological polar surface area (TPSA) is 71.1 Å². The van der Waals surface area contributed by atoms with Crippen LogP contribution in [0.3, 0.4) is 0 Å². The minimum absolute atomic E-state index is 0.0465. The quantitative estimate of drug-likeness (QED) is 0.857. The number of nitrogens with two attached hydrogens (primary N) is 1. The monoisotopic (exact) mass is 265 g/mol. The second-order valence-electron chi connectivity index (χ2n) is 5.05. The van der Waals surface area contributed by atoms with Gasteiger partial charge in [0, 0.05) is 6.04 Å². The van der Waals surface area contributed by atoms with Crippen LogP contribution in [-0.2, 0) is 0 Å². The molecule has 0 aliphatic heterocycles. The predicted molar refractivity (Wildman–Crippen MR) is 75.0 cm³/mol. The van der Waals surface area contributed by atoms with Gasteiger partial charge in [0.25, 0.3) is 0 Å². The number of thiophene rings is 1. The largest absolute Gasteiger partial charge is 0.486 e. The number of nitrogens with one attached hydrogen (secondary N) is 1. The van der Waals surface area contributed by atoms with Gasteiger partial charge < -0.3 is 15.8 Å². The summed E-state index contributed by atoms with van der Waals surface area (Å²) < 4.78 is 5.73. The van der Waals surface area contributed by atoms with Gasteiger partial charge >= 0.3 is 0 Å². The fourth-order valence-corrected chi connectivity index (χ4v) is 2.83. The fourth-order valence-electron chi connectivity index (χ4n) is 1.88. The Bertz CT molecular complexity index is 471. The van der Waals surface area contributed by atoms with Crippen molar-refractivity contribution < 1.29 is 4.74 Å². The molecule has 0 bridgehead atoms. The van der Waals surface area contributed by atoms with E-state index in [1.165, 1.54) is 24.2 Å². The third-order valence-electron chi connectivity index (χ3n) is 3.04. The Morgan fingerprint density at radius 1 is 1.44 bits per heavy atom. The Morgan fingerprint density at radius 3 is 2.61 bits per heavy atom. The van der Waals surface area contributed by atoms with Crippen LogP contribution in [0.2, 0.25) is 0 Å². The van der Waals surface area contributed by atoms with Crippen LogP contribution >= 0.6 is 11.3 Å². The van der Waals surface area contributed by atoms with Gasteiger partial charge in [-0.25, -0.2) is 0 Å². The second-order valence-corrected chi connectivity index (χ2v) is 6.07. The molecule has 1 aromatic heterocycles. The van der Waals surface area contributed by atoms with Crippen molar-refractivity contribution in [3.05, 3.63) is 4.88 Å². The van der Waals surface area contributed by atoms with Gasteiger partial charge in [-0.1, -0.05) is 0 Å². The van der Waals surface area contributed by atoms with Crippen LogP contribution in [0, 0.1) is 17.2 Å². The Labute approximate surface area is 112 Å². The lowest BCUT2D eigenvalue weighted by molar-refractivity contribution is 0.245. The number of nitriles is 1. The molecule has 0 spiro atoms. The SMILES string of the molecule is CC(C)Oc1c(NC(C)C2CC2)sc(C#N)c1N. The predicted octanol–water partition coefficient (Wildman–Crippen LogP) is 3.20. The summed E-state index contributed by atoms with van der Waals surface area (Å²) in [5.74, 6) is 1.38. The Kier molecular flexibility index (Phi) is 3.67. The van der Waals surface area contributed by atoms with E-state index in [1.54, 1.807) is 0 Å². The lowest BCUT2D eigenvalue weighted by Crippen LogP contribution is -2.17. The summed E-state index contributed by atoms with van der Waals surface area (Å²) in [6.07, 6.45) is 2.60. The van der Waals surface area contributed by atoms with Crippen LogP contribution in [0.1, 0.15) is 38.5 Å². The van der Waals surface area contributed by atoms with Crippen molar-refractivity contribution >= 4 is 22.0 Å². The van der Waals surface area contributed by atoms with Gasteiger partial charge in [-0.15, -0.1) is 11.3 Å². The van der Waals surface area contributed by atoms with Crippen LogP contribution in [0.4, 0.5) is 10.7 Å². The lowest BCUT2D eigenvalue weighted by Gasteiger charge is -2.16. The number of ether oxygens (including phenoxy) is 1. The minimum atomic E-state index is 0.0465. The second kappa shape index (κ2) is 5.07. The van der Waals surface area contributed by atoms with E-state index in [1.807, 2.05) is 13.8 Å². The first-order valence-corrected chi connectivity index (χ1v) is 7.10. The van der Waals surface area contributed by atoms with E-state index >= 15 is 0 Å². The van der Waals surface area contributed by atoms with Gasteiger partial charge in [-0.2, -0.15) is 5.26 Å². The molecule has 1 unspecified atom stereocenters. The van der Waals surface area contributed by atoms with Crippen LogP contribution in [0.25, 0.3) is 0 Å². The van der Waals surface area contributed by atoms with E-state index in [2.05, 4.69) is 18.3 Å². The van der Waals surface area contributed by atoms with Crippen molar-refractivity contribution in [2.75, 3.05) is 11.1 Å². The zero-order chi connectivity index (χ0) is 13.3. The fraction of sp³-hybridized carbons (Fsp3) is 0.615. The zero-order valence-electron chi connectivity index (χ0n) is 11.0. The highest BCUT2D eigenvalue weighted by atomic mass is 32.1. The van der Waals surface area contributed by atoms with Gasteiger partial charge in [0.1, 0.15) is 21.6 Å². The molecule has 1 fully saturated rings. The van der Waals surface area contributed by atoms with Crippen molar-refractivity contribution in [2.24, 2.45) is 5.92 Å². The smallest absolute Gasteiger partial charge is 0.178 e. The Balaban J connectivity index is 2.23. The number of nitrogens with zero attached hydrogens (tertiary/aromatic N) is 1. The van der Waals surface area contributed by atoms with E-state index < -0.39 is 0 Å². The Morgan fingerprint density at radius 2 is 2.11 bits per heavy atom. The molecule has 5 heteroatoms. The van der Waals surface area contributed by atoms with Gasteiger partial charge in [0.05, 0.1) is 6.10 Å². The third-order valence-corrected chi connectivity index (χ3v) is 4.07. The molecule has 1 aromatic rings. The van der Waals surface area contributed by atoms with Crippen molar-refractivity contribution in [1.29, 1.82) is 5.26 Å². The van der Waals surface area contributed by atoms with E-state index in [0.717, 1.165) is 10.9 Å². The lowest BCUT2D eigenvalue weighted by atomic mass is 10.2. The summed E-state index contributed by atoms with van der Waals surface area (Å²) in [6, 6.07) is 2.53. The summed E-state index contributed by atoms with van der Waals surface area (Å²) in [6.45, 7) is 6.08. The molecule has 1 heterocycles. The minimum Gasteiger partial charge on any atom is -0.486 e. The van der Waals surface area contributed by atoms with E-state index in [-0.39, 0.29) is 6.10 Å². The van der Waals surface area contributed by atoms with Crippen molar-refractivity contribution in [2.45, 2.75) is 45.8 Å². The molecule has 1 atom stereocenters. The summed E-state index contributed by atoms with van der Waals surface area (Å²) in [7, 11) is 0.